The molecule has 0 aliphatic rings. The van der Waals surface area contributed by atoms with Crippen LogP contribution >= 0.6 is 11.8 Å². The van der Waals surface area contributed by atoms with Crippen molar-refractivity contribution < 1.29 is 13.2 Å². The van der Waals surface area contributed by atoms with Crippen molar-refractivity contribution in [1.29, 1.82) is 0 Å². The molecule has 0 saturated carbocycles. The maximum Gasteiger partial charge on any atom is 0.416 e. The van der Waals surface area contributed by atoms with E-state index in [1.807, 2.05) is 19.9 Å². The van der Waals surface area contributed by atoms with E-state index in [-0.39, 0.29) is 0 Å². The molecule has 2 aromatic rings. The van der Waals surface area contributed by atoms with Crippen LogP contribution in [-0.2, 0) is 6.18 Å². The van der Waals surface area contributed by atoms with Gasteiger partial charge in [-0.1, -0.05) is 19.9 Å². The van der Waals surface area contributed by atoms with E-state index in [2.05, 4.69) is 4.98 Å². The normalized spacial score (nSPS) is 12.3. The van der Waals surface area contributed by atoms with Gasteiger partial charge in [0.1, 0.15) is 0 Å². The number of rotatable bonds is 2. The molecule has 0 aliphatic heterocycles. The van der Waals surface area contributed by atoms with E-state index < -0.39 is 11.7 Å². The summed E-state index contributed by atoms with van der Waals surface area (Å²) in [6.45, 7) is 4.09. The first-order valence-corrected chi connectivity index (χ1v) is 6.38. The predicted octanol–water partition coefficient (Wildman–Crippen LogP) is 4.75. The third-order valence-electron chi connectivity index (χ3n) is 2.39. The fourth-order valence-electron chi connectivity index (χ4n) is 1.65. The van der Waals surface area contributed by atoms with Gasteiger partial charge in [-0.25, -0.2) is 0 Å². The smallest absolute Gasteiger partial charge is 0.256 e. The predicted molar refractivity (Wildman–Crippen MR) is 67.7 cm³/mol. The topological polar surface area (TPSA) is 12.9 Å². The quantitative estimate of drug-likeness (QED) is 0.731. The number of halogens is 3. The molecule has 18 heavy (non-hydrogen) atoms. The number of benzene rings is 1. The molecule has 1 aromatic carbocycles. The number of hydrogen-bond donors (Lipinski definition) is 0. The Hall–Kier alpha value is -1.23. The monoisotopic (exact) mass is 271 g/mol. The van der Waals surface area contributed by atoms with E-state index in [4.69, 9.17) is 0 Å². The molecule has 0 N–H and O–H groups in total. The van der Waals surface area contributed by atoms with Crippen LogP contribution in [0.25, 0.3) is 10.9 Å². The number of pyridine rings is 1. The maximum atomic E-state index is 12.6. The van der Waals surface area contributed by atoms with Crippen molar-refractivity contribution in [3.63, 3.8) is 0 Å². The van der Waals surface area contributed by atoms with Crippen molar-refractivity contribution in [3.05, 3.63) is 36.0 Å². The number of alkyl halides is 3. The van der Waals surface area contributed by atoms with Crippen LogP contribution in [0.5, 0.6) is 0 Å². The Morgan fingerprint density at radius 3 is 2.50 bits per heavy atom. The molecule has 5 heteroatoms. The van der Waals surface area contributed by atoms with Crippen LogP contribution in [0, 0.1) is 0 Å². The SMILES string of the molecule is CC(C)Sc1ccnc2cc(C(F)(F)F)ccc12. The molecular formula is C13H12F3NS. The minimum Gasteiger partial charge on any atom is -0.256 e. The Morgan fingerprint density at radius 1 is 1.17 bits per heavy atom. The first-order valence-electron chi connectivity index (χ1n) is 5.50. The molecule has 0 amide bonds. The van der Waals surface area contributed by atoms with Crippen molar-refractivity contribution in [2.75, 3.05) is 0 Å². The van der Waals surface area contributed by atoms with E-state index in [1.165, 1.54) is 6.07 Å². The van der Waals surface area contributed by atoms with Gasteiger partial charge in [0.2, 0.25) is 0 Å². The molecule has 1 heterocycles. The number of aromatic nitrogens is 1. The number of hydrogen-bond acceptors (Lipinski definition) is 2. The van der Waals surface area contributed by atoms with E-state index >= 15 is 0 Å². The molecule has 1 aromatic heterocycles. The molecule has 0 radical (unpaired) electrons. The molecule has 0 bridgehead atoms. The molecule has 0 atom stereocenters. The third kappa shape index (κ3) is 2.77. The zero-order valence-corrected chi connectivity index (χ0v) is 10.8. The molecule has 0 spiro atoms. The largest absolute Gasteiger partial charge is 0.416 e. The fourth-order valence-corrected chi connectivity index (χ4v) is 2.60. The molecule has 96 valence electrons. The standard InChI is InChI=1S/C13H12F3NS/c1-8(2)18-12-5-6-17-11-7-9(13(14,15)16)3-4-10(11)12/h3-8H,1-2H3. The Kier molecular flexibility index (Phi) is 3.52. The van der Waals surface area contributed by atoms with Crippen LogP contribution in [0.3, 0.4) is 0 Å². The lowest BCUT2D eigenvalue weighted by atomic mass is 10.1. The molecule has 0 saturated heterocycles. The van der Waals surface area contributed by atoms with Crippen molar-refractivity contribution in [3.8, 4) is 0 Å². The minimum absolute atomic E-state index is 0.373. The van der Waals surface area contributed by atoms with E-state index in [9.17, 15) is 13.2 Å². The molecule has 0 fully saturated rings. The van der Waals surface area contributed by atoms with Gasteiger partial charge in [0.05, 0.1) is 11.1 Å². The van der Waals surface area contributed by atoms with Gasteiger partial charge in [-0.3, -0.25) is 4.98 Å². The van der Waals surface area contributed by atoms with E-state index in [1.54, 1.807) is 18.0 Å². The number of thioether (sulfide) groups is 1. The van der Waals surface area contributed by atoms with Gasteiger partial charge in [0.15, 0.2) is 0 Å². The average molecular weight is 271 g/mol. The lowest BCUT2D eigenvalue weighted by molar-refractivity contribution is -0.137. The van der Waals surface area contributed by atoms with Crippen LogP contribution in [-0.4, -0.2) is 10.2 Å². The van der Waals surface area contributed by atoms with Gasteiger partial charge in [-0.2, -0.15) is 13.2 Å². The van der Waals surface area contributed by atoms with Crippen molar-refractivity contribution in [2.45, 2.75) is 30.2 Å². The van der Waals surface area contributed by atoms with Crippen LogP contribution in [0.15, 0.2) is 35.4 Å². The second-order valence-corrected chi connectivity index (χ2v) is 5.82. The fraction of sp³-hybridized carbons (Fsp3) is 0.308. The van der Waals surface area contributed by atoms with Gasteiger partial charge < -0.3 is 0 Å². The third-order valence-corrected chi connectivity index (χ3v) is 3.47. The first kappa shape index (κ1) is 13.2. The molecular weight excluding hydrogens is 259 g/mol. The van der Waals surface area contributed by atoms with Crippen LogP contribution < -0.4 is 0 Å². The van der Waals surface area contributed by atoms with Gasteiger partial charge in [-0.05, 0) is 18.2 Å². The summed E-state index contributed by atoms with van der Waals surface area (Å²) in [6.07, 6.45) is -2.77. The summed E-state index contributed by atoms with van der Waals surface area (Å²) in [5.41, 5.74) is -0.273. The number of nitrogens with zero attached hydrogens (tertiary/aromatic N) is 1. The summed E-state index contributed by atoms with van der Waals surface area (Å²) in [6, 6.07) is 5.53. The lowest BCUT2D eigenvalue weighted by Gasteiger charge is -2.10. The number of fused-ring (bicyclic) bond motifs is 1. The highest BCUT2D eigenvalue weighted by Crippen LogP contribution is 2.34. The lowest BCUT2D eigenvalue weighted by Crippen LogP contribution is -2.04. The summed E-state index contributed by atoms with van der Waals surface area (Å²) in [4.78, 5) is 4.97. The van der Waals surface area contributed by atoms with Crippen LogP contribution in [0.2, 0.25) is 0 Å². The Labute approximate surface area is 107 Å². The second kappa shape index (κ2) is 4.80. The maximum absolute atomic E-state index is 12.6. The van der Waals surface area contributed by atoms with Gasteiger partial charge >= 0.3 is 6.18 Å². The van der Waals surface area contributed by atoms with Gasteiger partial charge in [0, 0.05) is 21.7 Å². The van der Waals surface area contributed by atoms with Crippen molar-refractivity contribution in [2.24, 2.45) is 0 Å². The van der Waals surface area contributed by atoms with Crippen LogP contribution in [0.1, 0.15) is 19.4 Å². The summed E-state index contributed by atoms with van der Waals surface area (Å²) >= 11 is 1.62. The van der Waals surface area contributed by atoms with E-state index in [0.717, 1.165) is 22.4 Å². The molecule has 0 aliphatic carbocycles. The van der Waals surface area contributed by atoms with Crippen LogP contribution in [0.4, 0.5) is 13.2 Å². The zero-order chi connectivity index (χ0) is 13.3. The average Bonchev–Trinajstić information content (AvgIpc) is 2.27. The van der Waals surface area contributed by atoms with Gasteiger partial charge in [-0.15, -0.1) is 11.8 Å². The second-order valence-electron chi connectivity index (χ2n) is 4.21. The van der Waals surface area contributed by atoms with Crippen molar-refractivity contribution in [1.82, 2.24) is 4.98 Å². The summed E-state index contributed by atoms with van der Waals surface area (Å²) in [5, 5.41) is 1.14. The van der Waals surface area contributed by atoms with Crippen molar-refractivity contribution >= 4 is 22.7 Å². The highest BCUT2D eigenvalue weighted by atomic mass is 32.2. The summed E-state index contributed by atoms with van der Waals surface area (Å²) in [7, 11) is 0. The minimum atomic E-state index is -4.32. The van der Waals surface area contributed by atoms with E-state index in [0.29, 0.717) is 10.8 Å². The molecule has 2 rings (SSSR count). The summed E-state index contributed by atoms with van der Waals surface area (Å²) in [5.74, 6) is 0. The molecule has 1 nitrogen and oxygen atoms in total. The highest BCUT2D eigenvalue weighted by Gasteiger charge is 2.30. The Bertz CT molecular complexity index is 564. The Balaban J connectivity index is 2.53. The molecule has 0 unspecified atom stereocenters. The highest BCUT2D eigenvalue weighted by molar-refractivity contribution is 8.00. The zero-order valence-electron chi connectivity index (χ0n) is 9.95. The first-order chi connectivity index (χ1) is 8.38. The van der Waals surface area contributed by atoms with Gasteiger partial charge in [0.25, 0.3) is 0 Å². The Morgan fingerprint density at radius 2 is 1.89 bits per heavy atom. The summed E-state index contributed by atoms with van der Waals surface area (Å²) < 4.78 is 37.8.